The third-order valence-electron chi connectivity index (χ3n) is 3.21. The largest absolute Gasteiger partial charge is 0.0885 e. The molecule has 0 bridgehead atoms. The number of rotatable bonds is 0. The summed E-state index contributed by atoms with van der Waals surface area (Å²) in [6.45, 7) is 0. The van der Waals surface area contributed by atoms with Gasteiger partial charge in [-0.15, -0.1) is 0 Å². The first kappa shape index (κ1) is 6.45. The van der Waals surface area contributed by atoms with Crippen LogP contribution in [0.3, 0.4) is 0 Å². The van der Waals surface area contributed by atoms with Gasteiger partial charge in [-0.1, -0.05) is 18.6 Å². The van der Waals surface area contributed by atoms with Crippen LogP contribution in [0.4, 0.5) is 0 Å². The molecule has 56 valence electrons. The molecule has 0 heteroatoms. The van der Waals surface area contributed by atoms with Crippen molar-refractivity contribution in [2.24, 2.45) is 5.41 Å². The molecular weight excluding hydrogens is 120 g/mol. The van der Waals surface area contributed by atoms with E-state index in [-0.39, 0.29) is 0 Å². The minimum absolute atomic E-state index is 0.799. The van der Waals surface area contributed by atoms with E-state index in [1.807, 2.05) is 0 Å². The molecule has 2 aliphatic carbocycles. The summed E-state index contributed by atoms with van der Waals surface area (Å²) in [4.78, 5) is 0. The van der Waals surface area contributed by atoms with E-state index in [9.17, 15) is 0 Å². The highest BCUT2D eigenvalue weighted by molar-refractivity contribution is 4.98. The maximum atomic E-state index is 2.41. The van der Waals surface area contributed by atoms with Crippen molar-refractivity contribution >= 4 is 0 Å². The molecule has 0 atom stereocenters. The molecule has 0 aromatic carbocycles. The lowest BCUT2D eigenvalue weighted by Gasteiger charge is -2.41. The van der Waals surface area contributed by atoms with Crippen LogP contribution in [0.1, 0.15) is 44.9 Å². The van der Waals surface area contributed by atoms with Crippen molar-refractivity contribution in [3.8, 4) is 0 Å². The van der Waals surface area contributed by atoms with Crippen LogP contribution in [0.5, 0.6) is 0 Å². The van der Waals surface area contributed by atoms with Gasteiger partial charge in [0.15, 0.2) is 0 Å². The van der Waals surface area contributed by atoms with Crippen molar-refractivity contribution in [1.82, 2.24) is 0 Å². The van der Waals surface area contributed by atoms with Crippen molar-refractivity contribution in [3.05, 3.63) is 12.2 Å². The Morgan fingerprint density at radius 3 is 2.40 bits per heavy atom. The minimum atomic E-state index is 0.799. The zero-order chi connectivity index (χ0) is 6.86. The van der Waals surface area contributed by atoms with Crippen molar-refractivity contribution in [2.75, 3.05) is 0 Å². The summed E-state index contributed by atoms with van der Waals surface area (Å²) in [6, 6.07) is 0. The summed E-state index contributed by atoms with van der Waals surface area (Å²) in [6.07, 6.45) is 15.0. The van der Waals surface area contributed by atoms with Crippen LogP contribution in [0.25, 0.3) is 0 Å². The number of hydrogen-bond donors (Lipinski definition) is 0. The van der Waals surface area contributed by atoms with Gasteiger partial charge in [0.25, 0.3) is 0 Å². The molecule has 0 amide bonds. The molecule has 0 N–H and O–H groups in total. The molecule has 0 saturated heterocycles. The first-order chi connectivity index (χ1) is 4.91. The lowest BCUT2D eigenvalue weighted by atomic mass is 9.64. The smallest absolute Gasteiger partial charge is 0.0263 e. The van der Waals surface area contributed by atoms with E-state index in [0.717, 1.165) is 5.41 Å². The molecule has 10 heavy (non-hydrogen) atoms. The van der Waals surface area contributed by atoms with Crippen LogP contribution in [0.15, 0.2) is 12.2 Å². The van der Waals surface area contributed by atoms with Gasteiger partial charge in [0, 0.05) is 0 Å². The van der Waals surface area contributed by atoms with Crippen LogP contribution in [-0.2, 0) is 0 Å². The van der Waals surface area contributed by atoms with E-state index in [2.05, 4.69) is 12.2 Å². The summed E-state index contributed by atoms with van der Waals surface area (Å²) in [5.74, 6) is 0. The van der Waals surface area contributed by atoms with E-state index >= 15 is 0 Å². The van der Waals surface area contributed by atoms with E-state index in [0.29, 0.717) is 0 Å². The monoisotopic (exact) mass is 136 g/mol. The zero-order valence-corrected chi connectivity index (χ0v) is 6.60. The minimum Gasteiger partial charge on any atom is -0.0885 e. The second kappa shape index (κ2) is 2.41. The molecule has 0 nitrogen and oxygen atoms in total. The first-order valence-electron chi connectivity index (χ1n) is 4.56. The van der Waals surface area contributed by atoms with Gasteiger partial charge in [0.05, 0.1) is 0 Å². The van der Waals surface area contributed by atoms with Gasteiger partial charge in [0.1, 0.15) is 0 Å². The fourth-order valence-corrected chi connectivity index (χ4v) is 2.28. The Hall–Kier alpha value is -0.260. The van der Waals surface area contributed by atoms with E-state index < -0.39 is 0 Å². The lowest BCUT2D eigenvalue weighted by Crippen LogP contribution is -2.27. The summed E-state index contributed by atoms with van der Waals surface area (Å²) in [5.41, 5.74) is 0.799. The highest BCUT2D eigenvalue weighted by atomic mass is 14.4. The summed E-state index contributed by atoms with van der Waals surface area (Å²) < 4.78 is 0. The molecule has 1 spiro atoms. The number of allylic oxidation sites excluding steroid dienone is 2. The molecular formula is C10H16. The topological polar surface area (TPSA) is 0 Å². The van der Waals surface area contributed by atoms with E-state index in [1.165, 1.54) is 44.9 Å². The van der Waals surface area contributed by atoms with Crippen LogP contribution in [0, 0.1) is 5.41 Å². The highest BCUT2D eigenvalue weighted by Crippen LogP contribution is 2.49. The highest BCUT2D eigenvalue weighted by Gasteiger charge is 2.35. The molecule has 0 aliphatic heterocycles. The molecule has 1 saturated carbocycles. The molecule has 2 rings (SSSR count). The molecule has 2 aliphatic rings. The van der Waals surface area contributed by atoms with Gasteiger partial charge in [-0.2, -0.15) is 0 Å². The first-order valence-corrected chi connectivity index (χ1v) is 4.56. The van der Waals surface area contributed by atoms with Crippen molar-refractivity contribution in [2.45, 2.75) is 44.9 Å². The number of hydrogen-bond acceptors (Lipinski definition) is 0. The van der Waals surface area contributed by atoms with Crippen molar-refractivity contribution in [3.63, 3.8) is 0 Å². The Morgan fingerprint density at radius 2 is 1.70 bits per heavy atom. The molecule has 0 radical (unpaired) electrons. The molecule has 0 unspecified atom stereocenters. The Balaban J connectivity index is 2.00. The van der Waals surface area contributed by atoms with Crippen LogP contribution in [-0.4, -0.2) is 0 Å². The quantitative estimate of drug-likeness (QED) is 0.448. The molecule has 0 heterocycles. The SMILES string of the molecule is C1=CCC2(CCC1)CCC2. The predicted octanol–water partition coefficient (Wildman–Crippen LogP) is 3.29. The summed E-state index contributed by atoms with van der Waals surface area (Å²) in [7, 11) is 0. The van der Waals surface area contributed by atoms with E-state index in [4.69, 9.17) is 0 Å². The third kappa shape index (κ3) is 1.00. The van der Waals surface area contributed by atoms with Crippen molar-refractivity contribution < 1.29 is 0 Å². The zero-order valence-electron chi connectivity index (χ0n) is 6.60. The third-order valence-corrected chi connectivity index (χ3v) is 3.21. The van der Waals surface area contributed by atoms with Gasteiger partial charge < -0.3 is 0 Å². The Labute approximate surface area is 63.3 Å². The maximum absolute atomic E-state index is 2.41. The van der Waals surface area contributed by atoms with Gasteiger partial charge in [-0.3, -0.25) is 0 Å². The summed E-state index contributed by atoms with van der Waals surface area (Å²) in [5, 5.41) is 0. The average molecular weight is 136 g/mol. The molecule has 0 aromatic heterocycles. The van der Waals surface area contributed by atoms with Gasteiger partial charge >= 0.3 is 0 Å². The van der Waals surface area contributed by atoms with Gasteiger partial charge in [-0.05, 0) is 43.9 Å². The normalized spacial score (nSPS) is 29.6. The summed E-state index contributed by atoms with van der Waals surface area (Å²) >= 11 is 0. The fraction of sp³-hybridized carbons (Fsp3) is 0.800. The van der Waals surface area contributed by atoms with Crippen LogP contribution in [0.2, 0.25) is 0 Å². The van der Waals surface area contributed by atoms with Crippen LogP contribution >= 0.6 is 0 Å². The second-order valence-corrected chi connectivity index (χ2v) is 3.92. The molecule has 0 aromatic rings. The standard InChI is InChI=1S/C10H16/c1-2-4-7-10(6-3-1)8-5-9-10/h1,3H,2,4-9H2. The van der Waals surface area contributed by atoms with E-state index in [1.54, 1.807) is 0 Å². The average Bonchev–Trinajstić information content (AvgIpc) is 2.08. The Bertz CT molecular complexity index is 140. The van der Waals surface area contributed by atoms with Crippen molar-refractivity contribution in [1.29, 1.82) is 0 Å². The predicted molar refractivity (Wildman–Crippen MR) is 43.9 cm³/mol. The second-order valence-electron chi connectivity index (χ2n) is 3.92. The van der Waals surface area contributed by atoms with Gasteiger partial charge in [0.2, 0.25) is 0 Å². The van der Waals surface area contributed by atoms with Crippen LogP contribution < -0.4 is 0 Å². The fourth-order valence-electron chi connectivity index (χ4n) is 2.28. The lowest BCUT2D eigenvalue weighted by molar-refractivity contribution is 0.123. The Kier molecular flexibility index (Phi) is 1.55. The van der Waals surface area contributed by atoms with Gasteiger partial charge in [-0.25, -0.2) is 0 Å². The Morgan fingerprint density at radius 1 is 0.900 bits per heavy atom. The maximum Gasteiger partial charge on any atom is -0.0263 e. The molecule has 1 fully saturated rings.